The van der Waals surface area contributed by atoms with Gasteiger partial charge in [0.2, 0.25) is 0 Å². The molecule has 1 N–H and O–H groups in total. The van der Waals surface area contributed by atoms with Crippen LogP contribution in [0.3, 0.4) is 0 Å². The molecule has 2 unspecified atom stereocenters. The highest BCUT2D eigenvalue weighted by Gasteiger charge is 2.25. The predicted octanol–water partition coefficient (Wildman–Crippen LogP) is 1.45. The Kier molecular flexibility index (Phi) is 4.54. The standard InChI is InChI=1S/C15H20N2O2/c1-11-5-13(6-16)3-4-14(11)7-17-8-15(9-18)19-10-12(17)2/h3-5,12,15,18H,7-10H2,1-2H3. The van der Waals surface area contributed by atoms with Crippen molar-refractivity contribution >= 4 is 0 Å². The quantitative estimate of drug-likeness (QED) is 0.893. The van der Waals surface area contributed by atoms with Crippen molar-refractivity contribution in [2.24, 2.45) is 0 Å². The number of morpholine rings is 1. The van der Waals surface area contributed by atoms with Crippen LogP contribution in [0.4, 0.5) is 0 Å². The summed E-state index contributed by atoms with van der Waals surface area (Å²) in [6, 6.07) is 8.30. The number of aryl methyl sites for hydroxylation is 1. The molecule has 1 aliphatic heterocycles. The van der Waals surface area contributed by atoms with Gasteiger partial charge in [-0.2, -0.15) is 5.26 Å². The van der Waals surface area contributed by atoms with Crippen LogP contribution in [0.25, 0.3) is 0 Å². The number of aliphatic hydroxyl groups excluding tert-OH is 1. The lowest BCUT2D eigenvalue weighted by Crippen LogP contribution is -2.48. The molecule has 4 heteroatoms. The molecule has 4 nitrogen and oxygen atoms in total. The van der Waals surface area contributed by atoms with E-state index in [9.17, 15) is 5.11 Å². The Balaban J connectivity index is 2.09. The zero-order chi connectivity index (χ0) is 13.8. The molecule has 0 saturated carbocycles. The van der Waals surface area contributed by atoms with E-state index in [1.165, 1.54) is 5.56 Å². The Morgan fingerprint density at radius 3 is 2.95 bits per heavy atom. The first-order valence-corrected chi connectivity index (χ1v) is 6.60. The Morgan fingerprint density at radius 1 is 1.53 bits per heavy atom. The largest absolute Gasteiger partial charge is 0.394 e. The van der Waals surface area contributed by atoms with Gasteiger partial charge in [-0.05, 0) is 37.1 Å². The highest BCUT2D eigenvalue weighted by Crippen LogP contribution is 2.18. The summed E-state index contributed by atoms with van der Waals surface area (Å²) in [5, 5.41) is 18.1. The molecule has 0 aromatic heterocycles. The van der Waals surface area contributed by atoms with Gasteiger partial charge in [-0.15, -0.1) is 0 Å². The fourth-order valence-electron chi connectivity index (χ4n) is 2.37. The lowest BCUT2D eigenvalue weighted by Gasteiger charge is -2.37. The maximum Gasteiger partial charge on any atom is 0.0991 e. The molecule has 2 rings (SSSR count). The highest BCUT2D eigenvalue weighted by atomic mass is 16.5. The summed E-state index contributed by atoms with van der Waals surface area (Å²) >= 11 is 0. The van der Waals surface area contributed by atoms with Gasteiger partial charge in [0.25, 0.3) is 0 Å². The van der Waals surface area contributed by atoms with Gasteiger partial charge >= 0.3 is 0 Å². The van der Waals surface area contributed by atoms with Gasteiger partial charge in [-0.3, -0.25) is 4.90 Å². The second-order valence-electron chi connectivity index (χ2n) is 5.17. The summed E-state index contributed by atoms with van der Waals surface area (Å²) in [5.41, 5.74) is 3.06. The Bertz CT molecular complexity index is 482. The molecule has 0 radical (unpaired) electrons. The van der Waals surface area contributed by atoms with E-state index < -0.39 is 0 Å². The molecular formula is C15H20N2O2. The van der Waals surface area contributed by atoms with Gasteiger partial charge in [0.1, 0.15) is 0 Å². The third kappa shape index (κ3) is 3.32. The van der Waals surface area contributed by atoms with Crippen LogP contribution in [0.1, 0.15) is 23.6 Å². The summed E-state index contributed by atoms with van der Waals surface area (Å²) in [6.07, 6.45) is -0.0881. The van der Waals surface area contributed by atoms with E-state index in [2.05, 4.69) is 17.9 Å². The molecule has 0 aliphatic carbocycles. The first kappa shape index (κ1) is 14.0. The van der Waals surface area contributed by atoms with Crippen LogP contribution in [0.15, 0.2) is 18.2 Å². The molecule has 0 bridgehead atoms. The number of aliphatic hydroxyl groups is 1. The average molecular weight is 260 g/mol. The second-order valence-corrected chi connectivity index (χ2v) is 5.17. The van der Waals surface area contributed by atoms with Crippen molar-refractivity contribution in [3.05, 3.63) is 34.9 Å². The molecule has 1 heterocycles. The van der Waals surface area contributed by atoms with Gasteiger partial charge in [0.15, 0.2) is 0 Å². The molecular weight excluding hydrogens is 240 g/mol. The summed E-state index contributed by atoms with van der Waals surface area (Å²) in [4.78, 5) is 2.32. The number of hydrogen-bond donors (Lipinski definition) is 1. The number of benzene rings is 1. The van der Waals surface area contributed by atoms with Gasteiger partial charge < -0.3 is 9.84 Å². The second kappa shape index (κ2) is 6.16. The van der Waals surface area contributed by atoms with Gasteiger partial charge in [-0.25, -0.2) is 0 Å². The number of rotatable bonds is 3. The van der Waals surface area contributed by atoms with Gasteiger partial charge in [-0.1, -0.05) is 6.07 Å². The minimum atomic E-state index is -0.0881. The molecule has 19 heavy (non-hydrogen) atoms. The smallest absolute Gasteiger partial charge is 0.0991 e. The lowest BCUT2D eigenvalue weighted by molar-refractivity contribution is -0.0806. The minimum Gasteiger partial charge on any atom is -0.394 e. The van der Waals surface area contributed by atoms with Crippen molar-refractivity contribution in [1.29, 1.82) is 5.26 Å². The number of nitrogens with zero attached hydrogens (tertiary/aromatic N) is 2. The Labute approximate surface area is 114 Å². The number of hydrogen-bond acceptors (Lipinski definition) is 4. The molecule has 1 saturated heterocycles. The van der Waals surface area contributed by atoms with Crippen LogP contribution >= 0.6 is 0 Å². The van der Waals surface area contributed by atoms with Crippen LogP contribution in [-0.4, -0.2) is 41.9 Å². The topological polar surface area (TPSA) is 56.5 Å². The predicted molar refractivity (Wildman–Crippen MR) is 72.6 cm³/mol. The van der Waals surface area contributed by atoms with Crippen molar-refractivity contribution in [2.75, 3.05) is 19.8 Å². The molecule has 1 aromatic rings. The molecule has 1 fully saturated rings. The Morgan fingerprint density at radius 2 is 2.32 bits per heavy atom. The lowest BCUT2D eigenvalue weighted by atomic mass is 10.0. The van der Waals surface area contributed by atoms with Crippen molar-refractivity contribution in [1.82, 2.24) is 4.90 Å². The summed E-state index contributed by atoms with van der Waals surface area (Å²) in [7, 11) is 0. The number of ether oxygens (including phenoxy) is 1. The van der Waals surface area contributed by atoms with E-state index in [0.29, 0.717) is 18.2 Å². The third-order valence-electron chi connectivity index (χ3n) is 3.68. The first-order chi connectivity index (χ1) is 9.13. The van der Waals surface area contributed by atoms with E-state index in [4.69, 9.17) is 10.00 Å². The third-order valence-corrected chi connectivity index (χ3v) is 3.68. The van der Waals surface area contributed by atoms with E-state index in [1.807, 2.05) is 25.1 Å². The van der Waals surface area contributed by atoms with Crippen molar-refractivity contribution in [3.63, 3.8) is 0 Å². The Hall–Kier alpha value is -1.41. The fraction of sp³-hybridized carbons (Fsp3) is 0.533. The van der Waals surface area contributed by atoms with Crippen molar-refractivity contribution < 1.29 is 9.84 Å². The molecule has 0 spiro atoms. The summed E-state index contributed by atoms with van der Waals surface area (Å²) in [5.74, 6) is 0. The van der Waals surface area contributed by atoms with Gasteiger partial charge in [0.05, 0.1) is 31.0 Å². The van der Waals surface area contributed by atoms with Crippen LogP contribution in [0.5, 0.6) is 0 Å². The number of nitriles is 1. The van der Waals surface area contributed by atoms with Crippen LogP contribution in [-0.2, 0) is 11.3 Å². The molecule has 1 aromatic carbocycles. The van der Waals surface area contributed by atoms with E-state index in [0.717, 1.165) is 18.7 Å². The zero-order valence-electron chi connectivity index (χ0n) is 11.5. The minimum absolute atomic E-state index is 0.0651. The summed E-state index contributed by atoms with van der Waals surface area (Å²) < 4.78 is 5.54. The normalized spacial score (nSPS) is 24.1. The van der Waals surface area contributed by atoms with E-state index >= 15 is 0 Å². The first-order valence-electron chi connectivity index (χ1n) is 6.60. The maximum absolute atomic E-state index is 9.20. The highest BCUT2D eigenvalue weighted by molar-refractivity contribution is 5.37. The summed E-state index contributed by atoms with van der Waals surface area (Å²) in [6.45, 7) is 6.46. The van der Waals surface area contributed by atoms with E-state index in [-0.39, 0.29) is 12.7 Å². The SMILES string of the molecule is Cc1cc(C#N)ccc1CN1CC(CO)OCC1C. The van der Waals surface area contributed by atoms with Crippen LogP contribution in [0.2, 0.25) is 0 Å². The maximum atomic E-state index is 9.20. The molecule has 1 aliphatic rings. The molecule has 0 amide bonds. The average Bonchev–Trinajstić information content (AvgIpc) is 2.43. The van der Waals surface area contributed by atoms with Crippen molar-refractivity contribution in [3.8, 4) is 6.07 Å². The van der Waals surface area contributed by atoms with Crippen LogP contribution < -0.4 is 0 Å². The van der Waals surface area contributed by atoms with Gasteiger partial charge in [0, 0.05) is 19.1 Å². The van der Waals surface area contributed by atoms with Crippen molar-refractivity contribution in [2.45, 2.75) is 32.5 Å². The monoisotopic (exact) mass is 260 g/mol. The van der Waals surface area contributed by atoms with Crippen LogP contribution in [0, 0.1) is 18.3 Å². The zero-order valence-corrected chi connectivity index (χ0v) is 11.5. The molecule has 2 atom stereocenters. The fourth-order valence-corrected chi connectivity index (χ4v) is 2.37. The van der Waals surface area contributed by atoms with E-state index in [1.54, 1.807) is 0 Å². The molecule has 102 valence electrons.